The SMILES string of the molecule is Cc1nnc(CN=C(NC2CCCCC2)NC2CCC(N3CCC(C)CC3)CC2)n1C. The highest BCUT2D eigenvalue weighted by molar-refractivity contribution is 5.80. The van der Waals surface area contributed by atoms with Crippen LogP contribution < -0.4 is 10.6 Å². The van der Waals surface area contributed by atoms with Gasteiger partial charge in [-0.15, -0.1) is 10.2 Å². The van der Waals surface area contributed by atoms with Crippen LogP contribution in [0, 0.1) is 12.8 Å². The van der Waals surface area contributed by atoms with Crippen molar-refractivity contribution in [1.29, 1.82) is 0 Å². The average Bonchev–Trinajstić information content (AvgIpc) is 3.11. The first-order chi connectivity index (χ1) is 15.1. The molecule has 1 aliphatic heterocycles. The molecule has 0 aromatic carbocycles. The van der Waals surface area contributed by atoms with E-state index in [0.29, 0.717) is 18.6 Å². The number of aliphatic imine (C=N–C) groups is 1. The number of hydrogen-bond donors (Lipinski definition) is 2. The van der Waals surface area contributed by atoms with Crippen molar-refractivity contribution in [3.05, 3.63) is 11.6 Å². The molecule has 2 N–H and O–H groups in total. The smallest absolute Gasteiger partial charge is 0.192 e. The molecule has 0 unspecified atom stereocenters. The third kappa shape index (κ3) is 6.21. The lowest BCUT2D eigenvalue weighted by atomic mass is 9.88. The molecule has 2 saturated carbocycles. The molecule has 174 valence electrons. The number of guanidine groups is 1. The molecular formula is C24H43N7. The Labute approximate surface area is 188 Å². The van der Waals surface area contributed by atoms with Gasteiger partial charge < -0.3 is 20.1 Å². The van der Waals surface area contributed by atoms with Crippen molar-refractivity contribution in [1.82, 2.24) is 30.3 Å². The number of nitrogens with one attached hydrogen (secondary N) is 2. The van der Waals surface area contributed by atoms with Gasteiger partial charge in [-0.05, 0) is 77.3 Å². The molecule has 1 aromatic rings. The predicted octanol–water partition coefficient (Wildman–Crippen LogP) is 3.53. The molecule has 2 heterocycles. The summed E-state index contributed by atoms with van der Waals surface area (Å²) >= 11 is 0. The minimum absolute atomic E-state index is 0.524. The van der Waals surface area contributed by atoms with E-state index in [1.807, 2.05) is 18.5 Å². The quantitative estimate of drug-likeness (QED) is 0.553. The van der Waals surface area contributed by atoms with E-state index >= 15 is 0 Å². The van der Waals surface area contributed by atoms with Crippen LogP contribution in [0.2, 0.25) is 0 Å². The minimum Gasteiger partial charge on any atom is -0.354 e. The summed E-state index contributed by atoms with van der Waals surface area (Å²) in [5, 5.41) is 16.0. The molecule has 3 fully saturated rings. The summed E-state index contributed by atoms with van der Waals surface area (Å²) in [5.74, 6) is 3.75. The van der Waals surface area contributed by atoms with E-state index in [1.165, 1.54) is 83.7 Å². The molecule has 1 aromatic heterocycles. The first-order valence-corrected chi connectivity index (χ1v) is 12.7. The maximum Gasteiger partial charge on any atom is 0.192 e. The third-order valence-corrected chi connectivity index (χ3v) is 7.88. The highest BCUT2D eigenvalue weighted by atomic mass is 15.3. The van der Waals surface area contributed by atoms with Gasteiger partial charge in [-0.1, -0.05) is 26.2 Å². The Balaban J connectivity index is 1.33. The van der Waals surface area contributed by atoms with E-state index in [1.54, 1.807) is 0 Å². The summed E-state index contributed by atoms with van der Waals surface area (Å²) in [6.07, 6.45) is 14.4. The number of piperidine rings is 1. The van der Waals surface area contributed by atoms with Gasteiger partial charge in [-0.2, -0.15) is 0 Å². The Bertz CT molecular complexity index is 706. The summed E-state index contributed by atoms with van der Waals surface area (Å²) in [4.78, 5) is 7.70. The van der Waals surface area contributed by atoms with Crippen LogP contribution in [0.3, 0.4) is 0 Å². The highest BCUT2D eigenvalue weighted by Crippen LogP contribution is 2.27. The number of rotatable bonds is 5. The Hall–Kier alpha value is -1.63. The molecule has 0 spiro atoms. The van der Waals surface area contributed by atoms with E-state index < -0.39 is 0 Å². The average molecular weight is 430 g/mol. The summed E-state index contributed by atoms with van der Waals surface area (Å²) in [5.41, 5.74) is 0. The molecule has 7 heteroatoms. The lowest BCUT2D eigenvalue weighted by Gasteiger charge is -2.40. The lowest BCUT2D eigenvalue weighted by molar-refractivity contribution is 0.105. The molecule has 0 atom stereocenters. The monoisotopic (exact) mass is 429 g/mol. The van der Waals surface area contributed by atoms with Gasteiger partial charge in [-0.3, -0.25) is 0 Å². The molecule has 0 radical (unpaired) electrons. The standard InChI is InChI=1S/C24H43N7/c1-18-13-15-31(16-14-18)22-11-9-21(10-12-22)27-24(26-20-7-5-4-6-8-20)25-17-23-29-28-19(2)30(23)3/h18,20-22H,4-17H2,1-3H3,(H2,25,26,27). The second-order valence-corrected chi connectivity index (χ2v) is 10.2. The third-order valence-electron chi connectivity index (χ3n) is 7.88. The fourth-order valence-electron chi connectivity index (χ4n) is 5.48. The second kappa shape index (κ2) is 10.8. The van der Waals surface area contributed by atoms with E-state index in [2.05, 4.69) is 32.7 Å². The fourth-order valence-corrected chi connectivity index (χ4v) is 5.48. The van der Waals surface area contributed by atoms with Gasteiger partial charge in [-0.25, -0.2) is 4.99 Å². The maximum absolute atomic E-state index is 4.93. The van der Waals surface area contributed by atoms with E-state index in [0.717, 1.165) is 29.6 Å². The molecular weight excluding hydrogens is 386 g/mol. The van der Waals surface area contributed by atoms with Gasteiger partial charge >= 0.3 is 0 Å². The fraction of sp³-hybridized carbons (Fsp3) is 0.875. The van der Waals surface area contributed by atoms with Crippen molar-refractivity contribution in [2.45, 2.75) is 109 Å². The van der Waals surface area contributed by atoms with Crippen molar-refractivity contribution >= 4 is 5.96 Å². The number of aromatic nitrogens is 3. The van der Waals surface area contributed by atoms with Crippen LogP contribution in [0.5, 0.6) is 0 Å². The lowest BCUT2D eigenvalue weighted by Crippen LogP contribution is -2.51. The van der Waals surface area contributed by atoms with Crippen LogP contribution in [-0.4, -0.2) is 56.8 Å². The molecule has 3 aliphatic rings. The number of nitrogens with zero attached hydrogens (tertiary/aromatic N) is 5. The first-order valence-electron chi connectivity index (χ1n) is 12.7. The van der Waals surface area contributed by atoms with Crippen LogP contribution >= 0.6 is 0 Å². The number of likely N-dealkylation sites (tertiary alicyclic amines) is 1. The molecule has 7 nitrogen and oxygen atoms in total. The Morgan fingerprint density at radius 3 is 2.16 bits per heavy atom. The van der Waals surface area contributed by atoms with Crippen LogP contribution in [0.1, 0.15) is 89.2 Å². The first kappa shape index (κ1) is 22.6. The van der Waals surface area contributed by atoms with Crippen molar-refractivity contribution in [3.63, 3.8) is 0 Å². The van der Waals surface area contributed by atoms with Gasteiger partial charge in [0, 0.05) is 25.2 Å². The van der Waals surface area contributed by atoms with Crippen LogP contribution in [0.25, 0.3) is 0 Å². The van der Waals surface area contributed by atoms with Gasteiger partial charge in [0.05, 0.1) is 0 Å². The molecule has 1 saturated heterocycles. The molecule has 0 bridgehead atoms. The van der Waals surface area contributed by atoms with Gasteiger partial charge in [0.15, 0.2) is 11.8 Å². The van der Waals surface area contributed by atoms with Crippen molar-refractivity contribution < 1.29 is 0 Å². The number of hydrogen-bond acceptors (Lipinski definition) is 4. The zero-order valence-electron chi connectivity index (χ0n) is 19.9. The molecule has 2 aliphatic carbocycles. The zero-order valence-corrected chi connectivity index (χ0v) is 19.9. The Morgan fingerprint density at radius 1 is 0.903 bits per heavy atom. The Morgan fingerprint density at radius 2 is 1.55 bits per heavy atom. The van der Waals surface area contributed by atoms with Crippen LogP contribution in [-0.2, 0) is 13.6 Å². The van der Waals surface area contributed by atoms with Crippen LogP contribution in [0.15, 0.2) is 4.99 Å². The molecule has 4 rings (SSSR count). The summed E-state index contributed by atoms with van der Waals surface area (Å²) in [6, 6.07) is 1.86. The van der Waals surface area contributed by atoms with Crippen molar-refractivity contribution in [3.8, 4) is 0 Å². The molecule has 0 amide bonds. The van der Waals surface area contributed by atoms with E-state index in [-0.39, 0.29) is 0 Å². The number of aryl methyl sites for hydroxylation is 1. The summed E-state index contributed by atoms with van der Waals surface area (Å²) < 4.78 is 2.03. The largest absolute Gasteiger partial charge is 0.354 e. The van der Waals surface area contributed by atoms with Crippen molar-refractivity contribution in [2.75, 3.05) is 13.1 Å². The van der Waals surface area contributed by atoms with Gasteiger partial charge in [0.2, 0.25) is 0 Å². The van der Waals surface area contributed by atoms with E-state index in [9.17, 15) is 0 Å². The second-order valence-electron chi connectivity index (χ2n) is 10.2. The summed E-state index contributed by atoms with van der Waals surface area (Å²) in [6.45, 7) is 7.57. The maximum atomic E-state index is 4.93. The van der Waals surface area contributed by atoms with Crippen molar-refractivity contribution in [2.24, 2.45) is 18.0 Å². The normalized spacial score (nSPS) is 27.4. The molecule has 31 heavy (non-hydrogen) atoms. The minimum atomic E-state index is 0.524. The van der Waals surface area contributed by atoms with Crippen LogP contribution in [0.4, 0.5) is 0 Å². The van der Waals surface area contributed by atoms with E-state index in [4.69, 9.17) is 4.99 Å². The van der Waals surface area contributed by atoms with Gasteiger partial charge in [0.25, 0.3) is 0 Å². The van der Waals surface area contributed by atoms with Gasteiger partial charge in [0.1, 0.15) is 12.4 Å². The topological polar surface area (TPSA) is 70.4 Å². The zero-order chi connectivity index (χ0) is 21.6. The Kier molecular flexibility index (Phi) is 7.86. The highest BCUT2D eigenvalue weighted by Gasteiger charge is 2.28. The summed E-state index contributed by atoms with van der Waals surface area (Å²) in [7, 11) is 2.02. The predicted molar refractivity (Wildman–Crippen MR) is 126 cm³/mol.